The molecule has 0 aliphatic heterocycles. The maximum absolute atomic E-state index is 13.3. The number of pyridine rings is 1. The van der Waals surface area contributed by atoms with Gasteiger partial charge in [-0.2, -0.15) is 10.1 Å². The highest BCUT2D eigenvalue weighted by Gasteiger charge is 2.27. The van der Waals surface area contributed by atoms with E-state index in [4.69, 9.17) is 4.52 Å². The zero-order valence-electron chi connectivity index (χ0n) is 15.7. The summed E-state index contributed by atoms with van der Waals surface area (Å²) in [6.07, 6.45) is 5.74. The van der Waals surface area contributed by atoms with E-state index in [9.17, 15) is 9.18 Å². The van der Waals surface area contributed by atoms with Gasteiger partial charge in [0, 0.05) is 29.2 Å². The fourth-order valence-electron chi connectivity index (χ4n) is 3.48. The van der Waals surface area contributed by atoms with Crippen molar-refractivity contribution in [1.82, 2.24) is 30.3 Å². The Kier molecular flexibility index (Phi) is 4.43. The monoisotopic (exact) mass is 405 g/mol. The summed E-state index contributed by atoms with van der Waals surface area (Å²) >= 11 is 0. The molecular weight excluding hydrogens is 389 g/mol. The zero-order chi connectivity index (χ0) is 20.5. The van der Waals surface area contributed by atoms with Crippen LogP contribution in [0.25, 0.3) is 17.1 Å². The first-order valence-electron chi connectivity index (χ1n) is 9.36. The number of fused-ring (bicyclic) bond motifs is 1. The molecule has 1 aliphatic carbocycles. The SMILES string of the molecule is O=C(NNc1nc(-c2ccncc2)no1)c1nn(-c2ccc(F)cc2)c2c1CCC2. The average Bonchev–Trinajstić information content (AvgIpc) is 3.50. The summed E-state index contributed by atoms with van der Waals surface area (Å²) in [5, 5.41) is 8.33. The molecule has 4 aromatic rings. The van der Waals surface area contributed by atoms with Crippen molar-refractivity contribution >= 4 is 11.9 Å². The van der Waals surface area contributed by atoms with Gasteiger partial charge in [0.05, 0.1) is 5.69 Å². The van der Waals surface area contributed by atoms with Gasteiger partial charge in [-0.25, -0.2) is 14.5 Å². The smallest absolute Gasteiger partial charge is 0.313 e. The predicted octanol–water partition coefficient (Wildman–Crippen LogP) is 2.70. The number of hydrazine groups is 1. The first kappa shape index (κ1) is 18.0. The molecule has 9 nitrogen and oxygen atoms in total. The highest BCUT2D eigenvalue weighted by molar-refractivity contribution is 5.94. The predicted molar refractivity (Wildman–Crippen MR) is 104 cm³/mol. The number of carbonyl (C=O) groups is 1. The Morgan fingerprint density at radius 3 is 2.70 bits per heavy atom. The minimum atomic E-state index is -0.419. The van der Waals surface area contributed by atoms with E-state index >= 15 is 0 Å². The Morgan fingerprint density at radius 2 is 1.90 bits per heavy atom. The summed E-state index contributed by atoms with van der Waals surface area (Å²) < 4.78 is 20.1. The van der Waals surface area contributed by atoms with Gasteiger partial charge in [0.1, 0.15) is 5.82 Å². The lowest BCUT2D eigenvalue weighted by atomic mass is 10.2. The van der Waals surface area contributed by atoms with Crippen LogP contribution in [0.15, 0.2) is 53.3 Å². The molecule has 0 fully saturated rings. The molecule has 30 heavy (non-hydrogen) atoms. The standard InChI is InChI=1S/C20H16FN7O2/c21-13-4-6-14(7-5-13)28-16-3-1-2-15(16)17(26-28)19(29)24-25-20-23-18(27-30-20)12-8-10-22-11-9-12/h4-11H,1-3H2,(H,24,29)(H,23,25,27). The number of carbonyl (C=O) groups excluding carboxylic acids is 1. The van der Waals surface area contributed by atoms with E-state index in [0.29, 0.717) is 17.2 Å². The van der Waals surface area contributed by atoms with Crippen molar-refractivity contribution in [2.24, 2.45) is 0 Å². The summed E-state index contributed by atoms with van der Waals surface area (Å²) in [5.41, 5.74) is 8.79. The van der Waals surface area contributed by atoms with Gasteiger partial charge in [-0.15, -0.1) is 0 Å². The molecule has 3 aromatic heterocycles. The number of amides is 1. The van der Waals surface area contributed by atoms with Gasteiger partial charge in [0.25, 0.3) is 5.91 Å². The molecule has 1 aliphatic rings. The van der Waals surface area contributed by atoms with Gasteiger partial charge >= 0.3 is 6.01 Å². The van der Waals surface area contributed by atoms with Gasteiger partial charge in [-0.3, -0.25) is 15.2 Å². The molecule has 1 amide bonds. The quantitative estimate of drug-likeness (QED) is 0.491. The van der Waals surface area contributed by atoms with Crippen molar-refractivity contribution in [3.05, 3.63) is 71.6 Å². The van der Waals surface area contributed by atoms with Crippen LogP contribution in [-0.4, -0.2) is 30.8 Å². The fourth-order valence-corrected chi connectivity index (χ4v) is 3.48. The second kappa shape index (κ2) is 7.39. The van der Waals surface area contributed by atoms with Crippen molar-refractivity contribution in [3.8, 4) is 17.1 Å². The van der Waals surface area contributed by atoms with Gasteiger partial charge < -0.3 is 4.52 Å². The number of nitrogens with zero attached hydrogens (tertiary/aromatic N) is 5. The largest absolute Gasteiger partial charge is 0.340 e. The van der Waals surface area contributed by atoms with E-state index in [2.05, 4.69) is 31.1 Å². The number of aromatic nitrogens is 5. The van der Waals surface area contributed by atoms with Crippen LogP contribution in [0.1, 0.15) is 28.2 Å². The molecule has 3 heterocycles. The minimum absolute atomic E-state index is 0.0461. The van der Waals surface area contributed by atoms with Gasteiger partial charge in [0.2, 0.25) is 5.82 Å². The van der Waals surface area contributed by atoms with Crippen LogP contribution < -0.4 is 10.9 Å². The number of rotatable bonds is 5. The van der Waals surface area contributed by atoms with Crippen LogP contribution >= 0.6 is 0 Å². The molecule has 5 rings (SSSR count). The van der Waals surface area contributed by atoms with Gasteiger partial charge in [-0.1, -0.05) is 5.16 Å². The van der Waals surface area contributed by atoms with E-state index in [1.165, 1.54) is 12.1 Å². The highest BCUT2D eigenvalue weighted by Crippen LogP contribution is 2.28. The summed E-state index contributed by atoms with van der Waals surface area (Å²) in [4.78, 5) is 20.9. The summed E-state index contributed by atoms with van der Waals surface area (Å²) in [5.74, 6) is -0.372. The minimum Gasteiger partial charge on any atom is -0.313 e. The topological polar surface area (TPSA) is 111 Å². The second-order valence-electron chi connectivity index (χ2n) is 6.75. The molecule has 1 aromatic carbocycles. The normalized spacial score (nSPS) is 12.6. The maximum atomic E-state index is 13.3. The lowest BCUT2D eigenvalue weighted by Crippen LogP contribution is -2.30. The van der Waals surface area contributed by atoms with Crippen molar-refractivity contribution in [2.75, 3.05) is 5.43 Å². The third kappa shape index (κ3) is 3.28. The van der Waals surface area contributed by atoms with Crippen LogP contribution in [0.4, 0.5) is 10.4 Å². The molecule has 10 heteroatoms. The van der Waals surface area contributed by atoms with Crippen LogP contribution in [-0.2, 0) is 12.8 Å². The van der Waals surface area contributed by atoms with Crippen molar-refractivity contribution in [2.45, 2.75) is 19.3 Å². The van der Waals surface area contributed by atoms with E-state index in [-0.39, 0.29) is 11.8 Å². The molecule has 0 unspecified atom stereocenters. The number of nitrogens with one attached hydrogen (secondary N) is 2. The Balaban J connectivity index is 1.34. The number of hydrogen-bond acceptors (Lipinski definition) is 7. The molecule has 0 bridgehead atoms. The van der Waals surface area contributed by atoms with Gasteiger partial charge in [0.15, 0.2) is 5.69 Å². The molecule has 0 saturated carbocycles. The first-order chi connectivity index (χ1) is 14.7. The summed E-state index contributed by atoms with van der Waals surface area (Å²) in [6, 6.07) is 9.56. The zero-order valence-corrected chi connectivity index (χ0v) is 15.7. The number of anilines is 1. The summed E-state index contributed by atoms with van der Waals surface area (Å²) in [6.45, 7) is 0. The second-order valence-corrected chi connectivity index (χ2v) is 6.75. The van der Waals surface area contributed by atoms with E-state index in [0.717, 1.165) is 36.1 Å². The number of benzene rings is 1. The van der Waals surface area contributed by atoms with Crippen LogP contribution in [0.3, 0.4) is 0 Å². The molecule has 150 valence electrons. The average molecular weight is 405 g/mol. The van der Waals surface area contributed by atoms with Crippen LogP contribution in [0, 0.1) is 5.82 Å². The van der Waals surface area contributed by atoms with Crippen LogP contribution in [0.5, 0.6) is 0 Å². The molecule has 0 spiro atoms. The van der Waals surface area contributed by atoms with Crippen molar-refractivity contribution in [1.29, 1.82) is 0 Å². The fraction of sp³-hybridized carbons (Fsp3) is 0.150. The van der Waals surface area contributed by atoms with Crippen molar-refractivity contribution < 1.29 is 13.7 Å². The van der Waals surface area contributed by atoms with E-state index in [1.807, 2.05) is 0 Å². The van der Waals surface area contributed by atoms with E-state index < -0.39 is 5.91 Å². The Hall–Kier alpha value is -4.08. The number of hydrogen-bond donors (Lipinski definition) is 2. The molecule has 0 radical (unpaired) electrons. The van der Waals surface area contributed by atoms with E-state index in [1.54, 1.807) is 41.3 Å². The first-order valence-corrected chi connectivity index (χ1v) is 9.36. The highest BCUT2D eigenvalue weighted by atomic mass is 19.1. The molecule has 0 saturated heterocycles. The van der Waals surface area contributed by atoms with Gasteiger partial charge in [-0.05, 0) is 55.7 Å². The lowest BCUT2D eigenvalue weighted by Gasteiger charge is -2.05. The third-order valence-corrected chi connectivity index (χ3v) is 4.86. The third-order valence-electron chi connectivity index (χ3n) is 4.86. The number of halogens is 1. The van der Waals surface area contributed by atoms with Crippen LogP contribution in [0.2, 0.25) is 0 Å². The Labute approximate surface area is 169 Å². The molecule has 0 atom stereocenters. The lowest BCUT2D eigenvalue weighted by molar-refractivity contribution is 0.0954. The molecule has 2 N–H and O–H groups in total. The Morgan fingerprint density at radius 1 is 1.10 bits per heavy atom. The molecular formula is C20H16FN7O2. The summed E-state index contributed by atoms with van der Waals surface area (Å²) in [7, 11) is 0. The Bertz CT molecular complexity index is 1200. The van der Waals surface area contributed by atoms with Crippen molar-refractivity contribution in [3.63, 3.8) is 0 Å². The maximum Gasteiger partial charge on any atom is 0.340 e.